The average molecular weight is 237 g/mol. The highest BCUT2D eigenvalue weighted by molar-refractivity contribution is 5.45. The van der Waals surface area contributed by atoms with Crippen LogP contribution in [-0.4, -0.2) is 27.7 Å². The Morgan fingerprint density at radius 3 is 2.12 bits per heavy atom. The van der Waals surface area contributed by atoms with Gasteiger partial charge in [-0.1, -0.05) is 13.0 Å². The van der Waals surface area contributed by atoms with Crippen molar-refractivity contribution in [2.24, 2.45) is 0 Å². The number of hydrogen-bond acceptors (Lipinski definition) is 3. The fraction of sp³-hybridized carbons (Fsp3) is 0.571. The molecule has 0 saturated heterocycles. The summed E-state index contributed by atoms with van der Waals surface area (Å²) in [5, 5.41) is 19.7. The molecule has 17 heavy (non-hydrogen) atoms. The summed E-state index contributed by atoms with van der Waals surface area (Å²) in [5.74, 6) is 0.299. The van der Waals surface area contributed by atoms with Gasteiger partial charge in [-0.15, -0.1) is 0 Å². The van der Waals surface area contributed by atoms with Gasteiger partial charge in [0, 0.05) is 11.6 Å². The second kappa shape index (κ2) is 4.96. The van der Waals surface area contributed by atoms with Gasteiger partial charge in [0.2, 0.25) is 0 Å². The summed E-state index contributed by atoms with van der Waals surface area (Å²) in [5.41, 5.74) is 0.616. The van der Waals surface area contributed by atoms with Crippen molar-refractivity contribution in [2.45, 2.75) is 45.7 Å². The van der Waals surface area contributed by atoms with E-state index in [1.165, 1.54) is 0 Å². The molecule has 0 fully saturated rings. The fourth-order valence-electron chi connectivity index (χ4n) is 1.94. The number of phenolic OH excluding ortho intramolecular Hbond substituents is 2. The lowest BCUT2D eigenvalue weighted by atomic mass is 9.95. The topological polar surface area (TPSA) is 43.7 Å². The average Bonchev–Trinajstić information content (AvgIpc) is 2.27. The van der Waals surface area contributed by atoms with Gasteiger partial charge >= 0.3 is 0 Å². The normalized spacial score (nSPS) is 14.0. The first-order chi connectivity index (χ1) is 7.81. The van der Waals surface area contributed by atoms with E-state index in [-0.39, 0.29) is 23.1 Å². The highest BCUT2D eigenvalue weighted by Crippen LogP contribution is 2.37. The third kappa shape index (κ3) is 2.72. The van der Waals surface area contributed by atoms with E-state index in [2.05, 4.69) is 25.7 Å². The number of aromatic hydroxyl groups is 2. The zero-order chi connectivity index (χ0) is 13.2. The van der Waals surface area contributed by atoms with Crippen LogP contribution in [0.5, 0.6) is 11.5 Å². The second-order valence-corrected chi connectivity index (χ2v) is 5.16. The Bertz CT molecular complexity index is 368. The summed E-state index contributed by atoms with van der Waals surface area (Å²) < 4.78 is 0. The molecule has 0 radical (unpaired) electrons. The van der Waals surface area contributed by atoms with Crippen LogP contribution in [-0.2, 0) is 0 Å². The Morgan fingerprint density at radius 2 is 1.71 bits per heavy atom. The van der Waals surface area contributed by atoms with Crippen molar-refractivity contribution in [3.63, 3.8) is 0 Å². The molecular weight excluding hydrogens is 214 g/mol. The Balaban J connectivity index is 3.09. The van der Waals surface area contributed by atoms with Crippen LogP contribution in [0.3, 0.4) is 0 Å². The van der Waals surface area contributed by atoms with Crippen molar-refractivity contribution < 1.29 is 10.2 Å². The van der Waals surface area contributed by atoms with Crippen LogP contribution < -0.4 is 0 Å². The van der Waals surface area contributed by atoms with Gasteiger partial charge in [0.05, 0.1) is 5.56 Å². The van der Waals surface area contributed by atoms with Gasteiger partial charge < -0.3 is 10.2 Å². The molecule has 0 aromatic heterocycles. The summed E-state index contributed by atoms with van der Waals surface area (Å²) in [6.07, 6.45) is 1.00. The lowest BCUT2D eigenvalue weighted by molar-refractivity contribution is 0.103. The van der Waals surface area contributed by atoms with Gasteiger partial charge in [-0.2, -0.15) is 0 Å². The molecule has 0 heterocycles. The summed E-state index contributed by atoms with van der Waals surface area (Å²) in [7, 11) is 2.01. The van der Waals surface area contributed by atoms with E-state index >= 15 is 0 Å². The van der Waals surface area contributed by atoms with Gasteiger partial charge in [0.25, 0.3) is 0 Å². The molecule has 0 saturated carbocycles. The van der Waals surface area contributed by atoms with Crippen LogP contribution in [0.15, 0.2) is 18.2 Å². The number of hydrogen-bond donors (Lipinski definition) is 2. The summed E-state index contributed by atoms with van der Waals surface area (Å²) >= 11 is 0. The van der Waals surface area contributed by atoms with Gasteiger partial charge in [-0.3, -0.25) is 4.90 Å². The molecule has 1 atom stereocenters. The highest BCUT2D eigenvalue weighted by Gasteiger charge is 2.28. The largest absolute Gasteiger partial charge is 0.507 e. The van der Waals surface area contributed by atoms with Crippen LogP contribution in [0, 0.1) is 0 Å². The number of phenols is 2. The van der Waals surface area contributed by atoms with E-state index in [0.29, 0.717) is 5.56 Å². The first-order valence-corrected chi connectivity index (χ1v) is 6.05. The van der Waals surface area contributed by atoms with Crippen LogP contribution in [0.1, 0.15) is 45.7 Å². The molecule has 1 aromatic carbocycles. The number of nitrogens with zero attached hydrogens (tertiary/aromatic N) is 1. The first kappa shape index (κ1) is 13.8. The Morgan fingerprint density at radius 1 is 1.24 bits per heavy atom. The maximum absolute atomic E-state index is 9.86. The monoisotopic (exact) mass is 237 g/mol. The van der Waals surface area contributed by atoms with E-state index < -0.39 is 0 Å². The maximum atomic E-state index is 9.86. The van der Waals surface area contributed by atoms with E-state index in [1.807, 2.05) is 14.0 Å². The van der Waals surface area contributed by atoms with Crippen LogP contribution in [0.25, 0.3) is 0 Å². The number of rotatable bonds is 4. The van der Waals surface area contributed by atoms with Crippen LogP contribution >= 0.6 is 0 Å². The summed E-state index contributed by atoms with van der Waals surface area (Å²) in [6.45, 7) is 8.43. The minimum absolute atomic E-state index is 0.0220. The molecule has 96 valence electrons. The first-order valence-electron chi connectivity index (χ1n) is 6.05. The fourth-order valence-corrected chi connectivity index (χ4v) is 1.94. The molecule has 3 nitrogen and oxygen atoms in total. The molecule has 3 heteroatoms. The van der Waals surface area contributed by atoms with Crippen molar-refractivity contribution >= 4 is 0 Å². The molecule has 0 aliphatic carbocycles. The molecular formula is C14H23NO2. The van der Waals surface area contributed by atoms with Crippen molar-refractivity contribution in [1.29, 1.82) is 0 Å². The van der Waals surface area contributed by atoms with Crippen molar-refractivity contribution in [2.75, 3.05) is 7.05 Å². The second-order valence-electron chi connectivity index (χ2n) is 5.16. The Kier molecular flexibility index (Phi) is 4.04. The van der Waals surface area contributed by atoms with E-state index in [9.17, 15) is 10.2 Å². The lowest BCUT2D eigenvalue weighted by Gasteiger charge is -2.39. The molecule has 0 bridgehead atoms. The number of benzene rings is 1. The molecule has 1 aromatic rings. The molecule has 0 aliphatic heterocycles. The van der Waals surface area contributed by atoms with Gasteiger partial charge in [0.15, 0.2) is 0 Å². The molecule has 2 N–H and O–H groups in total. The Labute approximate surface area is 104 Å². The molecule has 0 spiro atoms. The zero-order valence-corrected chi connectivity index (χ0v) is 11.4. The lowest BCUT2D eigenvalue weighted by Crippen LogP contribution is -2.41. The predicted octanol–water partition coefficient (Wildman–Crippen LogP) is 3.28. The predicted molar refractivity (Wildman–Crippen MR) is 70.3 cm³/mol. The summed E-state index contributed by atoms with van der Waals surface area (Å²) in [4.78, 5) is 2.17. The SMILES string of the molecule is CCC(C)(C)N(C)C(C)c1c(O)cccc1O. The summed E-state index contributed by atoms with van der Waals surface area (Å²) in [6, 6.07) is 4.83. The van der Waals surface area contributed by atoms with Crippen molar-refractivity contribution in [1.82, 2.24) is 4.90 Å². The maximum Gasteiger partial charge on any atom is 0.124 e. The Hall–Kier alpha value is -1.22. The third-order valence-electron chi connectivity index (χ3n) is 3.88. The third-order valence-corrected chi connectivity index (χ3v) is 3.88. The van der Waals surface area contributed by atoms with Crippen LogP contribution in [0.4, 0.5) is 0 Å². The van der Waals surface area contributed by atoms with E-state index in [1.54, 1.807) is 18.2 Å². The van der Waals surface area contributed by atoms with Crippen molar-refractivity contribution in [3.8, 4) is 11.5 Å². The molecule has 0 amide bonds. The minimum atomic E-state index is -0.0360. The van der Waals surface area contributed by atoms with Crippen molar-refractivity contribution in [3.05, 3.63) is 23.8 Å². The molecule has 1 rings (SSSR count). The van der Waals surface area contributed by atoms with Gasteiger partial charge in [-0.05, 0) is 46.4 Å². The van der Waals surface area contributed by atoms with E-state index in [0.717, 1.165) is 6.42 Å². The highest BCUT2D eigenvalue weighted by atomic mass is 16.3. The zero-order valence-electron chi connectivity index (χ0n) is 11.4. The standard InChI is InChI=1S/C14H23NO2/c1-6-14(3,4)15(5)10(2)13-11(16)8-7-9-12(13)17/h7-10,16-17H,6H2,1-5H3. The van der Waals surface area contributed by atoms with Crippen LogP contribution in [0.2, 0.25) is 0 Å². The smallest absolute Gasteiger partial charge is 0.124 e. The molecule has 0 aliphatic rings. The molecule has 1 unspecified atom stereocenters. The van der Waals surface area contributed by atoms with E-state index in [4.69, 9.17) is 0 Å². The quantitative estimate of drug-likeness (QED) is 0.844. The minimum Gasteiger partial charge on any atom is -0.507 e. The van der Waals surface area contributed by atoms with Gasteiger partial charge in [-0.25, -0.2) is 0 Å². The van der Waals surface area contributed by atoms with Gasteiger partial charge in [0.1, 0.15) is 11.5 Å².